The Morgan fingerprint density at radius 2 is 1.71 bits per heavy atom. The Labute approximate surface area is 123 Å². The lowest BCUT2D eigenvalue weighted by molar-refractivity contribution is 0.102. The summed E-state index contributed by atoms with van der Waals surface area (Å²) in [6, 6.07) is 13.2. The van der Waals surface area contributed by atoms with E-state index >= 15 is 0 Å². The van der Waals surface area contributed by atoms with E-state index < -0.39 is 10.0 Å². The molecule has 2 aromatic rings. The van der Waals surface area contributed by atoms with E-state index in [4.69, 9.17) is 5.14 Å². The standard InChI is InChI=1S/C15H16N2O3S/c1-2-11-7-9-12(10-8-11)15(18)17-13-5-3-4-6-14(13)21(16,19)20/h3-10H,2H2,1H3,(H,17,18)(H2,16,19,20). The largest absolute Gasteiger partial charge is 0.321 e. The van der Waals surface area contributed by atoms with Gasteiger partial charge in [-0.2, -0.15) is 0 Å². The number of benzene rings is 2. The van der Waals surface area contributed by atoms with Crippen LogP contribution in [-0.4, -0.2) is 14.3 Å². The second-order valence-corrected chi connectivity index (χ2v) is 6.08. The Bertz CT molecular complexity index is 753. The maximum Gasteiger partial charge on any atom is 0.255 e. The maximum atomic E-state index is 12.1. The molecule has 1 amide bonds. The summed E-state index contributed by atoms with van der Waals surface area (Å²) in [5, 5.41) is 7.70. The monoisotopic (exact) mass is 304 g/mol. The number of amides is 1. The lowest BCUT2D eigenvalue weighted by atomic mass is 10.1. The number of carbonyl (C=O) groups is 1. The first-order chi connectivity index (χ1) is 9.91. The molecule has 0 spiro atoms. The van der Waals surface area contributed by atoms with Crippen LogP contribution >= 0.6 is 0 Å². The number of sulfonamides is 1. The summed E-state index contributed by atoms with van der Waals surface area (Å²) in [6.07, 6.45) is 0.885. The van der Waals surface area contributed by atoms with Crippen molar-refractivity contribution in [2.75, 3.05) is 5.32 Å². The van der Waals surface area contributed by atoms with Gasteiger partial charge in [-0.15, -0.1) is 0 Å². The summed E-state index contributed by atoms with van der Waals surface area (Å²) in [4.78, 5) is 12.0. The first-order valence-corrected chi connectivity index (χ1v) is 7.98. The number of nitrogens with two attached hydrogens (primary N) is 1. The van der Waals surface area contributed by atoms with E-state index in [-0.39, 0.29) is 16.5 Å². The van der Waals surface area contributed by atoms with Crippen molar-refractivity contribution in [2.45, 2.75) is 18.2 Å². The van der Waals surface area contributed by atoms with Crippen molar-refractivity contribution in [3.05, 3.63) is 59.7 Å². The fraction of sp³-hybridized carbons (Fsp3) is 0.133. The summed E-state index contributed by atoms with van der Waals surface area (Å²) in [7, 11) is -3.89. The third kappa shape index (κ3) is 3.68. The van der Waals surface area contributed by atoms with Crippen LogP contribution in [-0.2, 0) is 16.4 Å². The number of rotatable bonds is 4. The number of primary sulfonamides is 1. The summed E-state index contributed by atoms with van der Waals surface area (Å²) in [5.74, 6) is -0.381. The quantitative estimate of drug-likeness (QED) is 0.907. The fourth-order valence-electron chi connectivity index (χ4n) is 1.90. The highest BCUT2D eigenvalue weighted by Gasteiger charge is 2.15. The molecular formula is C15H16N2O3S. The number of hydrogen-bond donors (Lipinski definition) is 2. The molecule has 0 fully saturated rings. The molecule has 0 aliphatic rings. The minimum atomic E-state index is -3.89. The molecule has 0 aromatic heterocycles. The number of nitrogens with one attached hydrogen (secondary N) is 1. The van der Waals surface area contributed by atoms with Crippen molar-refractivity contribution < 1.29 is 13.2 Å². The molecule has 0 unspecified atom stereocenters. The number of para-hydroxylation sites is 1. The number of carbonyl (C=O) groups excluding carboxylic acids is 1. The zero-order valence-electron chi connectivity index (χ0n) is 11.5. The summed E-state index contributed by atoms with van der Waals surface area (Å²) >= 11 is 0. The summed E-state index contributed by atoms with van der Waals surface area (Å²) < 4.78 is 23.0. The molecule has 5 nitrogen and oxygen atoms in total. The third-order valence-corrected chi connectivity index (χ3v) is 4.04. The molecule has 2 aromatic carbocycles. The predicted octanol–water partition coefficient (Wildman–Crippen LogP) is 2.15. The molecule has 0 saturated carbocycles. The normalized spacial score (nSPS) is 11.1. The molecular weight excluding hydrogens is 288 g/mol. The van der Waals surface area contributed by atoms with Gasteiger partial charge in [0, 0.05) is 5.56 Å². The van der Waals surface area contributed by atoms with Crippen LogP contribution in [0.15, 0.2) is 53.4 Å². The fourth-order valence-corrected chi connectivity index (χ4v) is 2.60. The Balaban J connectivity index is 2.27. The Morgan fingerprint density at radius 1 is 1.10 bits per heavy atom. The van der Waals surface area contributed by atoms with Crippen LogP contribution in [0.1, 0.15) is 22.8 Å². The van der Waals surface area contributed by atoms with Crippen LogP contribution in [0.25, 0.3) is 0 Å². The van der Waals surface area contributed by atoms with Gasteiger partial charge in [-0.05, 0) is 36.2 Å². The highest BCUT2D eigenvalue weighted by atomic mass is 32.2. The van der Waals surface area contributed by atoms with Gasteiger partial charge in [0.1, 0.15) is 4.90 Å². The maximum absolute atomic E-state index is 12.1. The van der Waals surface area contributed by atoms with Gasteiger partial charge in [-0.3, -0.25) is 4.79 Å². The van der Waals surface area contributed by atoms with Gasteiger partial charge in [0.2, 0.25) is 10.0 Å². The molecule has 0 radical (unpaired) electrons. The average molecular weight is 304 g/mol. The van der Waals surface area contributed by atoms with Crippen LogP contribution < -0.4 is 10.5 Å². The molecule has 2 rings (SSSR count). The molecule has 0 aliphatic carbocycles. The molecule has 3 N–H and O–H groups in total. The van der Waals surface area contributed by atoms with Crippen LogP contribution in [0, 0.1) is 0 Å². The Kier molecular flexibility index (Phi) is 4.40. The van der Waals surface area contributed by atoms with Crippen molar-refractivity contribution in [2.24, 2.45) is 5.14 Å². The average Bonchev–Trinajstić information content (AvgIpc) is 2.47. The van der Waals surface area contributed by atoms with Gasteiger partial charge in [-0.25, -0.2) is 13.6 Å². The molecule has 0 heterocycles. The van der Waals surface area contributed by atoms with Crippen molar-refractivity contribution in [1.29, 1.82) is 0 Å². The van der Waals surface area contributed by atoms with Crippen molar-refractivity contribution in [1.82, 2.24) is 0 Å². The summed E-state index contributed by atoms with van der Waals surface area (Å²) in [6.45, 7) is 2.03. The van der Waals surface area contributed by atoms with Crippen molar-refractivity contribution in [3.63, 3.8) is 0 Å². The van der Waals surface area contributed by atoms with Crippen LogP contribution in [0.4, 0.5) is 5.69 Å². The zero-order chi connectivity index (χ0) is 15.5. The molecule has 6 heteroatoms. The van der Waals surface area contributed by atoms with E-state index in [0.29, 0.717) is 5.56 Å². The van der Waals surface area contributed by atoms with Crippen molar-refractivity contribution in [3.8, 4) is 0 Å². The lowest BCUT2D eigenvalue weighted by Gasteiger charge is -2.09. The highest BCUT2D eigenvalue weighted by molar-refractivity contribution is 7.89. The number of anilines is 1. The third-order valence-electron chi connectivity index (χ3n) is 3.07. The minimum absolute atomic E-state index is 0.108. The van der Waals surface area contributed by atoms with Gasteiger partial charge in [-0.1, -0.05) is 31.2 Å². The molecule has 0 atom stereocenters. The van der Waals surface area contributed by atoms with E-state index in [9.17, 15) is 13.2 Å². The first kappa shape index (κ1) is 15.2. The highest BCUT2D eigenvalue weighted by Crippen LogP contribution is 2.20. The predicted molar refractivity (Wildman–Crippen MR) is 81.6 cm³/mol. The lowest BCUT2D eigenvalue weighted by Crippen LogP contribution is -2.18. The minimum Gasteiger partial charge on any atom is -0.321 e. The molecule has 0 aliphatic heterocycles. The van der Waals surface area contributed by atoms with Gasteiger partial charge in [0.25, 0.3) is 5.91 Å². The second kappa shape index (κ2) is 6.07. The Morgan fingerprint density at radius 3 is 2.29 bits per heavy atom. The Hall–Kier alpha value is -2.18. The van der Waals surface area contributed by atoms with Gasteiger partial charge in [0.05, 0.1) is 5.69 Å². The molecule has 110 valence electrons. The number of aryl methyl sites for hydroxylation is 1. The molecule has 0 saturated heterocycles. The van der Waals surface area contributed by atoms with Gasteiger partial charge >= 0.3 is 0 Å². The first-order valence-electron chi connectivity index (χ1n) is 6.44. The topological polar surface area (TPSA) is 89.3 Å². The van der Waals surface area contributed by atoms with E-state index in [1.807, 2.05) is 19.1 Å². The summed E-state index contributed by atoms with van der Waals surface area (Å²) in [5.41, 5.74) is 1.75. The second-order valence-electron chi connectivity index (χ2n) is 4.55. The smallest absolute Gasteiger partial charge is 0.255 e. The van der Waals surface area contributed by atoms with E-state index in [1.165, 1.54) is 12.1 Å². The number of hydrogen-bond acceptors (Lipinski definition) is 3. The molecule has 21 heavy (non-hydrogen) atoms. The van der Waals surface area contributed by atoms with Crippen LogP contribution in [0.3, 0.4) is 0 Å². The molecule has 0 bridgehead atoms. The van der Waals surface area contributed by atoms with Gasteiger partial charge < -0.3 is 5.32 Å². The zero-order valence-corrected chi connectivity index (χ0v) is 12.4. The van der Waals surface area contributed by atoms with Crippen LogP contribution in [0.2, 0.25) is 0 Å². The van der Waals surface area contributed by atoms with E-state index in [2.05, 4.69) is 5.32 Å². The van der Waals surface area contributed by atoms with Gasteiger partial charge in [0.15, 0.2) is 0 Å². The van der Waals surface area contributed by atoms with Crippen molar-refractivity contribution >= 4 is 21.6 Å². The SMILES string of the molecule is CCc1ccc(C(=O)Nc2ccccc2S(N)(=O)=O)cc1. The van der Waals surface area contributed by atoms with E-state index in [0.717, 1.165) is 12.0 Å². The van der Waals surface area contributed by atoms with E-state index in [1.54, 1.807) is 24.3 Å². The van der Waals surface area contributed by atoms with Crippen LogP contribution in [0.5, 0.6) is 0 Å².